The molecule has 2 saturated heterocycles. The first-order valence-corrected chi connectivity index (χ1v) is 24.9. The third-order valence-electron chi connectivity index (χ3n) is 13.9. The van der Waals surface area contributed by atoms with E-state index in [4.69, 9.17) is 9.47 Å². The van der Waals surface area contributed by atoms with Crippen molar-refractivity contribution in [1.82, 2.24) is 45.6 Å². The molecule has 17 nitrogen and oxygen atoms in total. The highest BCUT2D eigenvalue weighted by Gasteiger charge is 2.44. The number of aromatic nitrogens is 3. The van der Waals surface area contributed by atoms with Crippen molar-refractivity contribution >= 4 is 46.3 Å². The van der Waals surface area contributed by atoms with Crippen molar-refractivity contribution in [3.8, 4) is 0 Å². The van der Waals surface area contributed by atoms with E-state index in [9.17, 15) is 37.1 Å². The van der Waals surface area contributed by atoms with Gasteiger partial charge in [-0.2, -0.15) is 13.2 Å². The number of nitrogens with zero attached hydrogens (tertiary/aromatic N) is 6. The van der Waals surface area contributed by atoms with Gasteiger partial charge in [-0.25, -0.2) is 9.97 Å². The maximum atomic E-state index is 13.9. The number of amides is 5. The number of nitrogens with one attached hydrogen (secondary N) is 4. The van der Waals surface area contributed by atoms with Crippen molar-refractivity contribution in [2.45, 2.75) is 140 Å². The number of hydrogen-bond donors (Lipinski definition) is 4. The van der Waals surface area contributed by atoms with Crippen LogP contribution < -0.4 is 21.3 Å². The Labute approximate surface area is 408 Å². The molecule has 0 unspecified atom stereocenters. The molecule has 0 bridgehead atoms. The van der Waals surface area contributed by atoms with Crippen molar-refractivity contribution in [2.24, 2.45) is 5.92 Å². The SMILES string of the molecule is CC(C)N(C)[C@@H]1CC[C@H](N2CC[C@H](Nc3ncnc4ccc(C(F)(F)F)cc34)C2=O)[C@H](NC(=O)CCCCCCCCC(=O)NCCOCCOCCNC(=O)[C@H]2CC(=O)N(C)[C@@H]2c2cccnc2)C1. The second-order valence-corrected chi connectivity index (χ2v) is 19.0. The Morgan fingerprint density at radius 2 is 1.59 bits per heavy atom. The van der Waals surface area contributed by atoms with Gasteiger partial charge in [0.1, 0.15) is 18.2 Å². The van der Waals surface area contributed by atoms with Gasteiger partial charge in [-0.3, -0.25) is 29.0 Å². The summed E-state index contributed by atoms with van der Waals surface area (Å²) in [6.07, 6.45) is 8.94. The summed E-state index contributed by atoms with van der Waals surface area (Å²) in [7, 11) is 3.79. The Hall–Kier alpha value is -5.47. The van der Waals surface area contributed by atoms with E-state index in [2.05, 4.69) is 62.0 Å². The number of rotatable bonds is 26. The van der Waals surface area contributed by atoms with Crippen LogP contribution in [0.4, 0.5) is 19.0 Å². The first-order valence-electron chi connectivity index (χ1n) is 24.9. The van der Waals surface area contributed by atoms with Crippen LogP contribution in [0.5, 0.6) is 0 Å². The van der Waals surface area contributed by atoms with Crippen LogP contribution in [0.25, 0.3) is 10.9 Å². The van der Waals surface area contributed by atoms with E-state index < -0.39 is 23.7 Å². The third-order valence-corrected chi connectivity index (χ3v) is 13.9. The van der Waals surface area contributed by atoms with Gasteiger partial charge in [-0.15, -0.1) is 0 Å². The summed E-state index contributed by atoms with van der Waals surface area (Å²) in [5, 5.41) is 12.4. The van der Waals surface area contributed by atoms with Crippen molar-refractivity contribution in [2.75, 3.05) is 65.5 Å². The summed E-state index contributed by atoms with van der Waals surface area (Å²) in [5.41, 5.74) is 0.344. The van der Waals surface area contributed by atoms with Crippen molar-refractivity contribution in [1.29, 1.82) is 0 Å². The lowest BCUT2D eigenvalue weighted by Gasteiger charge is -2.44. The van der Waals surface area contributed by atoms with Crippen LogP contribution in [0.15, 0.2) is 49.1 Å². The molecule has 1 aromatic carbocycles. The zero-order valence-corrected chi connectivity index (χ0v) is 41.0. The van der Waals surface area contributed by atoms with Gasteiger partial charge in [0.05, 0.1) is 61.6 Å². The number of ether oxygens (including phenoxy) is 2. The summed E-state index contributed by atoms with van der Waals surface area (Å²) >= 11 is 0. The van der Waals surface area contributed by atoms with Gasteiger partial charge in [0, 0.05) is 75.8 Å². The minimum atomic E-state index is -4.54. The second kappa shape index (κ2) is 26.1. The summed E-state index contributed by atoms with van der Waals surface area (Å²) in [4.78, 5) is 83.1. The molecule has 3 aliphatic rings. The standard InChI is InChI=1S/C50H71F3N10O7/c1-33(2)61(3)36-16-18-42(63-23-19-40(49(63)68)60-47-37-28-35(50(51,52)53)15-17-39(37)57-32-58-47)41(29-36)59-44(65)14-10-8-6-5-7-9-13-43(64)55-21-24-69-26-27-70-25-22-56-48(67)38-30-45(66)62(4)46(38)34-12-11-20-54-31-34/h11-12,15,17,20,28,31-33,36,38,40-42,46H,5-10,13-14,16,18-19,21-27,29-30H2,1-4H3,(H,55,64)(H,56,67)(H,59,65)(H,57,58,60)/t36-,38+,40+,41-,42+,46-/m1/s1. The Kier molecular flexibility index (Phi) is 20.1. The van der Waals surface area contributed by atoms with E-state index in [1.54, 1.807) is 30.4 Å². The number of carbonyl (C=O) groups excluding carboxylic acids is 5. The molecular weight excluding hydrogens is 910 g/mol. The van der Waals surface area contributed by atoms with Crippen LogP contribution in [0.3, 0.4) is 0 Å². The van der Waals surface area contributed by atoms with E-state index in [0.717, 1.165) is 62.6 Å². The van der Waals surface area contributed by atoms with E-state index in [0.29, 0.717) is 89.7 Å². The third kappa shape index (κ3) is 15.0. The Morgan fingerprint density at radius 3 is 2.27 bits per heavy atom. The monoisotopic (exact) mass is 981 g/mol. The molecule has 4 N–H and O–H groups in total. The molecule has 2 aliphatic heterocycles. The first kappa shape index (κ1) is 53.9. The molecule has 5 amide bonds. The summed E-state index contributed by atoms with van der Waals surface area (Å²) < 4.78 is 51.8. The average Bonchev–Trinajstić information content (AvgIpc) is 3.85. The molecule has 6 rings (SSSR count). The Morgan fingerprint density at radius 1 is 0.886 bits per heavy atom. The van der Waals surface area contributed by atoms with Gasteiger partial charge in [-0.1, -0.05) is 31.7 Å². The lowest BCUT2D eigenvalue weighted by atomic mass is 9.84. The fraction of sp³-hybridized carbons (Fsp3) is 0.640. The molecule has 20 heteroatoms. The number of fused-ring (bicyclic) bond motifs is 1. The molecule has 3 fully saturated rings. The molecule has 1 saturated carbocycles. The molecule has 70 heavy (non-hydrogen) atoms. The van der Waals surface area contributed by atoms with E-state index >= 15 is 0 Å². The van der Waals surface area contributed by atoms with Gasteiger partial charge < -0.3 is 45.4 Å². The Bertz CT molecular complexity index is 2200. The van der Waals surface area contributed by atoms with E-state index in [1.165, 1.54) is 12.4 Å². The minimum absolute atomic E-state index is 0.0271. The van der Waals surface area contributed by atoms with Crippen molar-refractivity contribution < 1.29 is 46.6 Å². The smallest absolute Gasteiger partial charge is 0.377 e. The van der Waals surface area contributed by atoms with Crippen LogP contribution in [0.2, 0.25) is 0 Å². The number of unbranched alkanes of at least 4 members (excludes halogenated alkanes) is 5. The van der Waals surface area contributed by atoms with Gasteiger partial charge in [0.15, 0.2) is 0 Å². The predicted molar refractivity (Wildman–Crippen MR) is 257 cm³/mol. The molecule has 1 aliphatic carbocycles. The lowest BCUT2D eigenvalue weighted by molar-refractivity contribution is -0.137. The van der Waals surface area contributed by atoms with E-state index in [1.807, 2.05) is 11.0 Å². The molecule has 0 spiro atoms. The van der Waals surface area contributed by atoms with Crippen LogP contribution in [-0.4, -0.2) is 150 Å². The fourth-order valence-corrected chi connectivity index (χ4v) is 9.85. The highest BCUT2D eigenvalue weighted by atomic mass is 19.4. The normalized spacial score (nSPS) is 21.8. The number of likely N-dealkylation sites (tertiary alicyclic amines) is 2. The second-order valence-electron chi connectivity index (χ2n) is 19.0. The number of benzene rings is 1. The first-order chi connectivity index (χ1) is 33.6. The number of pyridine rings is 1. The molecular formula is C50H71F3N10O7. The average molecular weight is 981 g/mol. The highest BCUT2D eigenvalue weighted by Crippen LogP contribution is 2.37. The number of anilines is 1. The molecule has 0 radical (unpaired) electrons. The quantitative estimate of drug-likeness (QED) is 0.0748. The van der Waals surface area contributed by atoms with Crippen molar-refractivity contribution in [3.05, 3.63) is 60.2 Å². The van der Waals surface area contributed by atoms with Gasteiger partial charge in [0.2, 0.25) is 29.5 Å². The highest BCUT2D eigenvalue weighted by molar-refractivity contribution is 5.93. The number of carbonyl (C=O) groups is 5. The van der Waals surface area contributed by atoms with Crippen LogP contribution in [0.1, 0.15) is 114 Å². The van der Waals surface area contributed by atoms with Crippen LogP contribution >= 0.6 is 0 Å². The van der Waals surface area contributed by atoms with Crippen LogP contribution in [0, 0.1) is 5.92 Å². The zero-order chi connectivity index (χ0) is 50.2. The summed E-state index contributed by atoms with van der Waals surface area (Å²) in [5.74, 6) is -0.835. The maximum absolute atomic E-state index is 13.9. The minimum Gasteiger partial charge on any atom is -0.377 e. The molecule has 3 aromatic rings. The largest absolute Gasteiger partial charge is 0.416 e. The van der Waals surface area contributed by atoms with E-state index in [-0.39, 0.29) is 71.3 Å². The van der Waals surface area contributed by atoms with Gasteiger partial charge in [0.25, 0.3) is 0 Å². The fourth-order valence-electron chi connectivity index (χ4n) is 9.85. The number of hydrogen-bond acceptors (Lipinski definition) is 12. The molecule has 6 atom stereocenters. The van der Waals surface area contributed by atoms with Gasteiger partial charge >= 0.3 is 6.18 Å². The Balaban J connectivity index is 0.810. The molecule has 4 heterocycles. The van der Waals surface area contributed by atoms with Gasteiger partial charge in [-0.05, 0) is 89.2 Å². The predicted octanol–water partition coefficient (Wildman–Crippen LogP) is 5.41. The molecule has 2 aromatic heterocycles. The zero-order valence-electron chi connectivity index (χ0n) is 41.0. The van der Waals surface area contributed by atoms with Crippen molar-refractivity contribution in [3.63, 3.8) is 0 Å². The topological polar surface area (TPSA) is 200 Å². The summed E-state index contributed by atoms with van der Waals surface area (Å²) in [6, 6.07) is 5.99. The number of alkyl halides is 3. The summed E-state index contributed by atoms with van der Waals surface area (Å²) in [6.45, 7) is 6.77. The maximum Gasteiger partial charge on any atom is 0.416 e. The lowest BCUT2D eigenvalue weighted by Crippen LogP contribution is -2.58. The molecule has 384 valence electrons. The number of halogens is 3. The van der Waals surface area contributed by atoms with Crippen LogP contribution in [-0.2, 0) is 39.6 Å².